The van der Waals surface area contributed by atoms with Gasteiger partial charge in [-0.3, -0.25) is 0 Å². The van der Waals surface area contributed by atoms with Gasteiger partial charge in [-0.2, -0.15) is 0 Å². The summed E-state index contributed by atoms with van der Waals surface area (Å²) in [6, 6.07) is 5.54. The highest BCUT2D eigenvalue weighted by Crippen LogP contribution is 2.31. The van der Waals surface area contributed by atoms with Crippen molar-refractivity contribution in [2.45, 2.75) is 32.6 Å². The van der Waals surface area contributed by atoms with Gasteiger partial charge in [0.25, 0.3) is 0 Å². The lowest BCUT2D eigenvalue weighted by Crippen LogP contribution is -2.06. The van der Waals surface area contributed by atoms with Crippen molar-refractivity contribution in [3.05, 3.63) is 47.3 Å². The Morgan fingerprint density at radius 2 is 2.00 bits per heavy atom. The van der Waals surface area contributed by atoms with E-state index >= 15 is 0 Å². The van der Waals surface area contributed by atoms with Crippen LogP contribution in [0.4, 0.5) is 4.39 Å². The Labute approximate surface area is 90.8 Å². The van der Waals surface area contributed by atoms with Crippen LogP contribution in [0.3, 0.4) is 0 Å². The summed E-state index contributed by atoms with van der Waals surface area (Å²) in [4.78, 5) is 0. The largest absolute Gasteiger partial charge is 0.207 e. The van der Waals surface area contributed by atoms with Crippen molar-refractivity contribution >= 4 is 0 Å². The molecule has 1 aliphatic rings. The number of benzene rings is 1. The van der Waals surface area contributed by atoms with Gasteiger partial charge in [-0.1, -0.05) is 31.2 Å². The molecule has 80 valence electrons. The first kappa shape index (κ1) is 10.4. The van der Waals surface area contributed by atoms with Gasteiger partial charge in [0.15, 0.2) is 0 Å². The van der Waals surface area contributed by atoms with E-state index in [1.54, 1.807) is 6.07 Å². The molecule has 1 aromatic carbocycles. The number of hydrogen-bond acceptors (Lipinski definition) is 0. The highest BCUT2D eigenvalue weighted by atomic mass is 19.1. The number of hydrogen-bond donors (Lipinski definition) is 0. The van der Waals surface area contributed by atoms with E-state index in [4.69, 9.17) is 0 Å². The second-order valence-electron chi connectivity index (χ2n) is 4.57. The Morgan fingerprint density at radius 1 is 1.20 bits per heavy atom. The third-order valence-electron chi connectivity index (χ3n) is 3.16. The summed E-state index contributed by atoms with van der Waals surface area (Å²) in [7, 11) is 0. The Bertz CT molecular complexity index is 379. The lowest BCUT2D eigenvalue weighted by molar-refractivity contribution is 0.523. The van der Waals surface area contributed by atoms with E-state index in [-0.39, 0.29) is 11.7 Å². The second kappa shape index (κ2) is 4.18. The van der Waals surface area contributed by atoms with Crippen LogP contribution in [0.2, 0.25) is 0 Å². The zero-order chi connectivity index (χ0) is 10.8. The van der Waals surface area contributed by atoms with Crippen LogP contribution in [-0.4, -0.2) is 0 Å². The maximum absolute atomic E-state index is 13.7. The van der Waals surface area contributed by atoms with Gasteiger partial charge in [0, 0.05) is 5.92 Å². The molecular weight excluding hydrogens is 187 g/mol. The van der Waals surface area contributed by atoms with Crippen molar-refractivity contribution in [3.8, 4) is 0 Å². The molecule has 15 heavy (non-hydrogen) atoms. The van der Waals surface area contributed by atoms with Gasteiger partial charge in [0.05, 0.1) is 0 Å². The molecule has 0 bridgehead atoms. The number of aryl methyl sites for hydroxylation is 1. The van der Waals surface area contributed by atoms with Crippen LogP contribution in [0, 0.1) is 18.7 Å². The molecule has 0 saturated carbocycles. The Hall–Kier alpha value is -1.11. The lowest BCUT2D eigenvalue weighted by Gasteiger charge is -2.21. The van der Waals surface area contributed by atoms with Crippen molar-refractivity contribution in [1.29, 1.82) is 0 Å². The zero-order valence-corrected chi connectivity index (χ0v) is 9.33. The molecule has 0 amide bonds. The summed E-state index contributed by atoms with van der Waals surface area (Å²) < 4.78 is 13.7. The maximum atomic E-state index is 13.7. The van der Waals surface area contributed by atoms with Gasteiger partial charge >= 0.3 is 0 Å². The predicted molar refractivity (Wildman–Crippen MR) is 61.4 cm³/mol. The lowest BCUT2D eigenvalue weighted by atomic mass is 9.85. The van der Waals surface area contributed by atoms with Crippen molar-refractivity contribution in [2.75, 3.05) is 0 Å². The molecule has 0 aromatic heterocycles. The zero-order valence-electron chi connectivity index (χ0n) is 9.33. The SMILES string of the molecule is Cc1ccc(C2C=CC(C)CC2)c(F)c1. The molecule has 0 radical (unpaired) electrons. The third-order valence-corrected chi connectivity index (χ3v) is 3.16. The topological polar surface area (TPSA) is 0 Å². The first-order valence-electron chi connectivity index (χ1n) is 5.61. The minimum atomic E-state index is -0.0563. The second-order valence-corrected chi connectivity index (χ2v) is 4.57. The first-order chi connectivity index (χ1) is 7.16. The number of halogens is 1. The summed E-state index contributed by atoms with van der Waals surface area (Å²) in [6.45, 7) is 4.13. The molecule has 2 unspecified atom stereocenters. The van der Waals surface area contributed by atoms with E-state index in [9.17, 15) is 4.39 Å². The minimum absolute atomic E-state index is 0.0563. The highest BCUT2D eigenvalue weighted by molar-refractivity contribution is 5.30. The van der Waals surface area contributed by atoms with Crippen LogP contribution >= 0.6 is 0 Å². The fourth-order valence-electron chi connectivity index (χ4n) is 2.15. The fraction of sp³-hybridized carbons (Fsp3) is 0.429. The Morgan fingerprint density at radius 3 is 2.60 bits per heavy atom. The van der Waals surface area contributed by atoms with E-state index in [1.807, 2.05) is 19.1 Å². The van der Waals surface area contributed by atoms with Crippen molar-refractivity contribution in [2.24, 2.45) is 5.92 Å². The standard InChI is InChI=1S/C14H17F/c1-10-3-6-12(7-4-10)13-8-5-11(2)9-14(13)15/h3,5-6,8-10,12H,4,7H2,1-2H3. The van der Waals surface area contributed by atoms with Gasteiger partial charge in [0.2, 0.25) is 0 Å². The van der Waals surface area contributed by atoms with E-state index in [1.165, 1.54) is 0 Å². The molecule has 1 aliphatic carbocycles. The first-order valence-corrected chi connectivity index (χ1v) is 5.61. The van der Waals surface area contributed by atoms with Crippen molar-refractivity contribution in [3.63, 3.8) is 0 Å². The monoisotopic (exact) mass is 204 g/mol. The average Bonchev–Trinajstić information content (AvgIpc) is 2.20. The minimum Gasteiger partial charge on any atom is -0.207 e. The van der Waals surface area contributed by atoms with E-state index in [0.717, 1.165) is 24.0 Å². The molecule has 0 heterocycles. The van der Waals surface area contributed by atoms with Crippen LogP contribution < -0.4 is 0 Å². The molecule has 0 aliphatic heterocycles. The van der Waals surface area contributed by atoms with Crippen LogP contribution in [0.15, 0.2) is 30.4 Å². The third kappa shape index (κ3) is 2.28. The van der Waals surface area contributed by atoms with Crippen LogP contribution in [-0.2, 0) is 0 Å². The summed E-state index contributed by atoms with van der Waals surface area (Å²) >= 11 is 0. The van der Waals surface area contributed by atoms with Gasteiger partial charge in [-0.15, -0.1) is 0 Å². The molecule has 1 heteroatoms. The van der Waals surface area contributed by atoms with Gasteiger partial charge in [-0.05, 0) is 42.9 Å². The predicted octanol–water partition coefficient (Wildman–Crippen LogP) is 4.20. The quantitative estimate of drug-likeness (QED) is 0.601. The maximum Gasteiger partial charge on any atom is 0.127 e. The van der Waals surface area contributed by atoms with Crippen LogP contribution in [0.1, 0.15) is 36.8 Å². The molecule has 1 aromatic rings. The molecule has 0 N–H and O–H groups in total. The van der Waals surface area contributed by atoms with E-state index in [2.05, 4.69) is 19.1 Å². The Kier molecular flexibility index (Phi) is 2.90. The fourth-order valence-corrected chi connectivity index (χ4v) is 2.15. The summed E-state index contributed by atoms with van der Waals surface area (Å²) in [5.41, 5.74) is 1.84. The molecule has 0 spiro atoms. The molecule has 2 rings (SSSR count). The average molecular weight is 204 g/mol. The summed E-state index contributed by atoms with van der Waals surface area (Å²) in [6.07, 6.45) is 6.58. The van der Waals surface area contributed by atoms with Crippen molar-refractivity contribution < 1.29 is 4.39 Å². The molecule has 0 saturated heterocycles. The van der Waals surface area contributed by atoms with Gasteiger partial charge in [0.1, 0.15) is 5.82 Å². The number of allylic oxidation sites excluding steroid dienone is 2. The summed E-state index contributed by atoms with van der Waals surface area (Å²) in [5, 5.41) is 0. The smallest absolute Gasteiger partial charge is 0.127 e. The van der Waals surface area contributed by atoms with Crippen LogP contribution in [0.5, 0.6) is 0 Å². The normalized spacial score (nSPS) is 25.5. The molecular formula is C14H17F. The van der Waals surface area contributed by atoms with Crippen molar-refractivity contribution in [1.82, 2.24) is 0 Å². The number of rotatable bonds is 1. The summed E-state index contributed by atoms with van der Waals surface area (Å²) in [5.74, 6) is 0.871. The molecule has 0 nitrogen and oxygen atoms in total. The Balaban J connectivity index is 2.26. The van der Waals surface area contributed by atoms with Crippen LogP contribution in [0.25, 0.3) is 0 Å². The van der Waals surface area contributed by atoms with Gasteiger partial charge < -0.3 is 0 Å². The molecule has 0 fully saturated rings. The molecule has 2 atom stereocenters. The van der Waals surface area contributed by atoms with Gasteiger partial charge in [-0.25, -0.2) is 4.39 Å². The highest BCUT2D eigenvalue weighted by Gasteiger charge is 2.17. The van der Waals surface area contributed by atoms with E-state index < -0.39 is 0 Å². The van der Waals surface area contributed by atoms with E-state index in [0.29, 0.717) is 5.92 Å².